The van der Waals surface area contributed by atoms with Gasteiger partial charge in [0.15, 0.2) is 0 Å². The minimum atomic E-state index is -0.858. The largest absolute Gasteiger partial charge is 0.387 e. The SMILES string of the molecule is CSCC(C)(O)CNC(=O)NCC1CC1c1ccccc1. The van der Waals surface area contributed by atoms with Gasteiger partial charge in [0, 0.05) is 18.8 Å². The summed E-state index contributed by atoms with van der Waals surface area (Å²) in [7, 11) is 0. The van der Waals surface area contributed by atoms with Crippen molar-refractivity contribution < 1.29 is 9.90 Å². The molecule has 1 aromatic rings. The van der Waals surface area contributed by atoms with Crippen LogP contribution in [0.4, 0.5) is 4.79 Å². The maximum absolute atomic E-state index is 11.7. The zero-order valence-electron chi connectivity index (χ0n) is 12.6. The van der Waals surface area contributed by atoms with Crippen molar-refractivity contribution in [1.82, 2.24) is 10.6 Å². The fourth-order valence-corrected chi connectivity index (χ4v) is 3.22. The van der Waals surface area contributed by atoms with Crippen LogP contribution in [0.2, 0.25) is 0 Å². The Hall–Kier alpha value is -1.20. The number of hydrogen-bond acceptors (Lipinski definition) is 3. The van der Waals surface area contributed by atoms with Gasteiger partial charge >= 0.3 is 6.03 Å². The van der Waals surface area contributed by atoms with Crippen molar-refractivity contribution >= 4 is 17.8 Å². The topological polar surface area (TPSA) is 61.4 Å². The van der Waals surface area contributed by atoms with Gasteiger partial charge in [-0.15, -0.1) is 0 Å². The monoisotopic (exact) mass is 308 g/mol. The summed E-state index contributed by atoms with van der Waals surface area (Å²) < 4.78 is 0. The summed E-state index contributed by atoms with van der Waals surface area (Å²) in [5.74, 6) is 1.71. The third kappa shape index (κ3) is 5.25. The van der Waals surface area contributed by atoms with Gasteiger partial charge in [0.25, 0.3) is 0 Å². The molecule has 5 heteroatoms. The predicted molar refractivity (Wildman–Crippen MR) is 87.7 cm³/mol. The number of nitrogens with one attached hydrogen (secondary N) is 2. The first-order chi connectivity index (χ1) is 10.0. The van der Waals surface area contributed by atoms with E-state index in [1.165, 1.54) is 5.56 Å². The Kier molecular flexibility index (Phi) is 5.53. The molecule has 3 atom stereocenters. The molecule has 2 amide bonds. The highest BCUT2D eigenvalue weighted by Gasteiger charge is 2.38. The van der Waals surface area contributed by atoms with Crippen molar-refractivity contribution in [1.29, 1.82) is 0 Å². The third-order valence-electron chi connectivity index (χ3n) is 3.76. The van der Waals surface area contributed by atoms with E-state index in [9.17, 15) is 9.90 Å². The van der Waals surface area contributed by atoms with E-state index in [-0.39, 0.29) is 12.6 Å². The molecule has 1 aliphatic carbocycles. The summed E-state index contributed by atoms with van der Waals surface area (Å²) in [6.07, 6.45) is 3.07. The molecule has 0 aromatic heterocycles. The van der Waals surface area contributed by atoms with E-state index in [2.05, 4.69) is 34.9 Å². The summed E-state index contributed by atoms with van der Waals surface area (Å²) >= 11 is 1.56. The average molecular weight is 308 g/mol. The zero-order chi connectivity index (χ0) is 15.3. The van der Waals surface area contributed by atoms with Crippen LogP contribution in [0, 0.1) is 5.92 Å². The molecule has 116 valence electrons. The fourth-order valence-electron chi connectivity index (χ4n) is 2.50. The van der Waals surface area contributed by atoms with Gasteiger partial charge in [0.2, 0.25) is 0 Å². The molecule has 1 aromatic carbocycles. The quantitative estimate of drug-likeness (QED) is 0.724. The van der Waals surface area contributed by atoms with Crippen LogP contribution in [0.5, 0.6) is 0 Å². The number of urea groups is 1. The molecule has 0 spiro atoms. The Bertz CT molecular complexity index is 465. The third-order valence-corrected chi connectivity index (χ3v) is 4.67. The number of benzene rings is 1. The normalized spacial score (nSPS) is 23.2. The second-order valence-corrected chi connectivity index (χ2v) is 6.87. The van der Waals surface area contributed by atoms with Gasteiger partial charge in [0.1, 0.15) is 0 Å². The smallest absolute Gasteiger partial charge is 0.314 e. The van der Waals surface area contributed by atoms with Gasteiger partial charge in [-0.1, -0.05) is 30.3 Å². The van der Waals surface area contributed by atoms with Crippen molar-refractivity contribution in [3.8, 4) is 0 Å². The Morgan fingerprint density at radius 2 is 2.10 bits per heavy atom. The molecule has 0 radical (unpaired) electrons. The Morgan fingerprint density at radius 1 is 1.38 bits per heavy atom. The molecule has 1 aliphatic rings. The van der Waals surface area contributed by atoms with Crippen molar-refractivity contribution in [2.75, 3.05) is 25.1 Å². The molecule has 1 saturated carbocycles. The second kappa shape index (κ2) is 7.18. The Labute approximate surface area is 130 Å². The van der Waals surface area contributed by atoms with Gasteiger partial charge in [0.05, 0.1) is 5.60 Å². The highest BCUT2D eigenvalue weighted by Crippen LogP contribution is 2.46. The van der Waals surface area contributed by atoms with E-state index in [0.717, 1.165) is 6.42 Å². The van der Waals surface area contributed by atoms with E-state index in [0.29, 0.717) is 24.1 Å². The van der Waals surface area contributed by atoms with E-state index in [1.54, 1.807) is 18.7 Å². The van der Waals surface area contributed by atoms with Gasteiger partial charge in [-0.3, -0.25) is 0 Å². The van der Waals surface area contributed by atoms with E-state index in [4.69, 9.17) is 0 Å². The zero-order valence-corrected chi connectivity index (χ0v) is 13.5. The molecule has 21 heavy (non-hydrogen) atoms. The first-order valence-electron chi connectivity index (χ1n) is 7.30. The maximum Gasteiger partial charge on any atom is 0.314 e. The predicted octanol–water partition coefficient (Wildman–Crippen LogP) is 2.20. The lowest BCUT2D eigenvalue weighted by Gasteiger charge is -2.22. The first-order valence-corrected chi connectivity index (χ1v) is 8.69. The minimum Gasteiger partial charge on any atom is -0.387 e. The van der Waals surface area contributed by atoms with E-state index < -0.39 is 5.60 Å². The molecule has 0 bridgehead atoms. The van der Waals surface area contributed by atoms with Crippen LogP contribution in [-0.4, -0.2) is 41.8 Å². The number of carbonyl (C=O) groups is 1. The lowest BCUT2D eigenvalue weighted by atomic mass is 10.1. The maximum atomic E-state index is 11.7. The van der Waals surface area contributed by atoms with Gasteiger partial charge in [-0.25, -0.2) is 4.79 Å². The van der Waals surface area contributed by atoms with E-state index in [1.807, 2.05) is 12.3 Å². The number of aliphatic hydroxyl groups is 1. The number of thioether (sulfide) groups is 1. The molecule has 3 N–H and O–H groups in total. The highest BCUT2D eigenvalue weighted by molar-refractivity contribution is 7.98. The number of hydrogen-bond donors (Lipinski definition) is 3. The standard InChI is InChI=1S/C16H24N2O2S/c1-16(20,11-21-2)10-18-15(19)17-9-13-8-14(13)12-6-4-3-5-7-12/h3-7,13-14,20H,8-11H2,1-2H3,(H2,17,18,19). The number of rotatable bonds is 7. The molecule has 0 saturated heterocycles. The Morgan fingerprint density at radius 3 is 2.76 bits per heavy atom. The lowest BCUT2D eigenvalue weighted by molar-refractivity contribution is 0.0869. The van der Waals surface area contributed by atoms with Crippen molar-refractivity contribution in [2.45, 2.75) is 24.9 Å². The first kappa shape index (κ1) is 16.2. The van der Waals surface area contributed by atoms with Crippen LogP contribution in [0.25, 0.3) is 0 Å². The van der Waals surface area contributed by atoms with E-state index >= 15 is 0 Å². The van der Waals surface area contributed by atoms with Crippen LogP contribution in [0.1, 0.15) is 24.8 Å². The minimum absolute atomic E-state index is 0.199. The van der Waals surface area contributed by atoms with Crippen LogP contribution >= 0.6 is 11.8 Å². The van der Waals surface area contributed by atoms with Gasteiger partial charge in [-0.05, 0) is 37.0 Å². The summed E-state index contributed by atoms with van der Waals surface area (Å²) in [6.45, 7) is 2.69. The highest BCUT2D eigenvalue weighted by atomic mass is 32.2. The fraction of sp³-hybridized carbons (Fsp3) is 0.562. The molecular weight excluding hydrogens is 284 g/mol. The van der Waals surface area contributed by atoms with Crippen LogP contribution in [-0.2, 0) is 0 Å². The second-order valence-electron chi connectivity index (χ2n) is 6.01. The summed E-state index contributed by atoms with van der Waals surface area (Å²) in [5, 5.41) is 15.6. The van der Waals surface area contributed by atoms with Gasteiger partial charge < -0.3 is 15.7 Å². The molecule has 0 heterocycles. The molecular formula is C16H24N2O2S. The molecule has 0 aliphatic heterocycles. The molecule has 2 rings (SSSR count). The summed E-state index contributed by atoms with van der Waals surface area (Å²) in [6, 6.07) is 10.2. The van der Waals surface area contributed by atoms with Crippen LogP contribution in [0.15, 0.2) is 30.3 Å². The molecule has 4 nitrogen and oxygen atoms in total. The van der Waals surface area contributed by atoms with Crippen LogP contribution < -0.4 is 10.6 Å². The van der Waals surface area contributed by atoms with Crippen molar-refractivity contribution in [3.05, 3.63) is 35.9 Å². The van der Waals surface area contributed by atoms with Crippen molar-refractivity contribution in [2.24, 2.45) is 5.92 Å². The number of carbonyl (C=O) groups excluding carboxylic acids is 1. The summed E-state index contributed by atoms with van der Waals surface area (Å²) in [5.41, 5.74) is 0.496. The molecule has 3 unspecified atom stereocenters. The average Bonchev–Trinajstić information content (AvgIpc) is 3.24. The summed E-state index contributed by atoms with van der Waals surface area (Å²) in [4.78, 5) is 11.7. The van der Waals surface area contributed by atoms with Gasteiger partial charge in [-0.2, -0.15) is 11.8 Å². The Balaban J connectivity index is 1.65. The number of amides is 2. The van der Waals surface area contributed by atoms with Crippen molar-refractivity contribution in [3.63, 3.8) is 0 Å². The van der Waals surface area contributed by atoms with Crippen LogP contribution in [0.3, 0.4) is 0 Å². The molecule has 1 fully saturated rings. The lowest BCUT2D eigenvalue weighted by Crippen LogP contribution is -2.46.